The van der Waals surface area contributed by atoms with Crippen LogP contribution in [0.5, 0.6) is 0 Å². The van der Waals surface area contributed by atoms with Gasteiger partial charge in [-0.25, -0.2) is 4.39 Å². The Labute approximate surface area is 160 Å². The van der Waals surface area contributed by atoms with Gasteiger partial charge in [0, 0.05) is 25.9 Å². The zero-order valence-corrected chi connectivity index (χ0v) is 15.2. The molecule has 1 amide bonds. The van der Waals surface area contributed by atoms with Crippen molar-refractivity contribution in [3.8, 4) is 11.5 Å². The van der Waals surface area contributed by atoms with Crippen LogP contribution in [0.25, 0.3) is 17.5 Å². The number of carbonyl (C=O) groups is 1. The van der Waals surface area contributed by atoms with E-state index in [4.69, 9.17) is 9.26 Å². The molecule has 1 unspecified atom stereocenters. The average Bonchev–Trinajstić information content (AvgIpc) is 3.36. The summed E-state index contributed by atoms with van der Waals surface area (Å²) in [5.74, 6) is 0.189. The first-order chi connectivity index (χ1) is 13.6. The van der Waals surface area contributed by atoms with Crippen molar-refractivity contribution < 1.29 is 18.4 Å². The third kappa shape index (κ3) is 3.84. The second kappa shape index (κ2) is 7.73. The van der Waals surface area contributed by atoms with Gasteiger partial charge < -0.3 is 14.2 Å². The van der Waals surface area contributed by atoms with Gasteiger partial charge in [-0.2, -0.15) is 10.1 Å². The van der Waals surface area contributed by atoms with Gasteiger partial charge in [-0.3, -0.25) is 9.48 Å². The second-order valence-corrected chi connectivity index (χ2v) is 6.37. The zero-order valence-electron chi connectivity index (χ0n) is 15.2. The molecule has 1 aliphatic rings. The lowest BCUT2D eigenvalue weighted by Crippen LogP contribution is -2.43. The lowest BCUT2D eigenvalue weighted by Gasteiger charge is -2.32. The van der Waals surface area contributed by atoms with Gasteiger partial charge in [0.2, 0.25) is 5.91 Å². The SMILES string of the molecule is Cn1cc(-c2nc(C3COCCN3C(=O)C=Cc3ccc(F)cc3)no2)cn1. The van der Waals surface area contributed by atoms with Gasteiger partial charge in [0.05, 0.1) is 25.0 Å². The molecule has 4 rings (SSSR count). The molecule has 9 heteroatoms. The molecule has 1 aromatic carbocycles. The molecule has 8 nitrogen and oxygen atoms in total. The zero-order chi connectivity index (χ0) is 19.5. The largest absolute Gasteiger partial charge is 0.377 e. The molecule has 0 radical (unpaired) electrons. The van der Waals surface area contributed by atoms with E-state index in [1.165, 1.54) is 18.2 Å². The van der Waals surface area contributed by atoms with E-state index in [0.29, 0.717) is 30.4 Å². The number of rotatable bonds is 4. The number of ether oxygens (including phenoxy) is 1. The molecule has 3 aromatic rings. The summed E-state index contributed by atoms with van der Waals surface area (Å²) in [5, 5.41) is 8.11. The van der Waals surface area contributed by atoms with Crippen molar-refractivity contribution in [2.24, 2.45) is 7.05 Å². The van der Waals surface area contributed by atoms with E-state index < -0.39 is 6.04 Å². The highest BCUT2D eigenvalue weighted by molar-refractivity contribution is 5.92. The highest BCUT2D eigenvalue weighted by Gasteiger charge is 2.31. The van der Waals surface area contributed by atoms with Gasteiger partial charge in [0.25, 0.3) is 5.89 Å². The minimum atomic E-state index is -0.451. The fraction of sp³-hybridized carbons (Fsp3) is 0.263. The number of benzene rings is 1. The summed E-state index contributed by atoms with van der Waals surface area (Å²) in [5.41, 5.74) is 1.44. The van der Waals surface area contributed by atoms with Crippen LogP contribution in [0.1, 0.15) is 17.4 Å². The quantitative estimate of drug-likeness (QED) is 0.642. The summed E-state index contributed by atoms with van der Waals surface area (Å²) in [6.45, 7) is 1.12. The molecule has 2 aromatic heterocycles. The van der Waals surface area contributed by atoms with Gasteiger partial charge in [-0.15, -0.1) is 0 Å². The Morgan fingerprint density at radius 1 is 1.32 bits per heavy atom. The minimum Gasteiger partial charge on any atom is -0.377 e. The van der Waals surface area contributed by atoms with Crippen LogP contribution in [-0.2, 0) is 16.6 Å². The van der Waals surface area contributed by atoms with Crippen LogP contribution in [0.15, 0.2) is 47.3 Å². The number of hydrogen-bond donors (Lipinski definition) is 0. The third-order valence-electron chi connectivity index (χ3n) is 4.39. The van der Waals surface area contributed by atoms with Crippen molar-refractivity contribution >= 4 is 12.0 Å². The maximum Gasteiger partial charge on any atom is 0.261 e. The van der Waals surface area contributed by atoms with E-state index in [0.717, 1.165) is 5.56 Å². The molecule has 0 saturated carbocycles. The first-order valence-corrected chi connectivity index (χ1v) is 8.75. The number of aryl methyl sites for hydroxylation is 1. The Balaban J connectivity index is 1.52. The molecular formula is C19H18FN5O3. The average molecular weight is 383 g/mol. The number of morpholine rings is 1. The van der Waals surface area contributed by atoms with Crippen LogP contribution >= 0.6 is 0 Å². The maximum atomic E-state index is 13.0. The fourth-order valence-electron chi connectivity index (χ4n) is 2.94. The summed E-state index contributed by atoms with van der Waals surface area (Å²) < 4.78 is 25.5. The van der Waals surface area contributed by atoms with Gasteiger partial charge in [-0.1, -0.05) is 17.3 Å². The summed E-state index contributed by atoms with van der Waals surface area (Å²) in [6, 6.07) is 5.46. The molecule has 144 valence electrons. The normalized spacial score (nSPS) is 17.4. The van der Waals surface area contributed by atoms with Crippen LogP contribution < -0.4 is 0 Å². The van der Waals surface area contributed by atoms with Crippen LogP contribution in [0.4, 0.5) is 4.39 Å². The Hall–Kier alpha value is -3.33. The monoisotopic (exact) mass is 383 g/mol. The van der Waals surface area contributed by atoms with Crippen LogP contribution in [-0.4, -0.2) is 50.5 Å². The molecule has 0 aliphatic carbocycles. The molecule has 1 saturated heterocycles. The number of nitrogens with zero attached hydrogens (tertiary/aromatic N) is 5. The lowest BCUT2D eigenvalue weighted by atomic mass is 10.1. The Morgan fingerprint density at radius 2 is 2.14 bits per heavy atom. The van der Waals surface area contributed by atoms with Gasteiger partial charge >= 0.3 is 0 Å². The van der Waals surface area contributed by atoms with Gasteiger partial charge in [0.1, 0.15) is 11.9 Å². The van der Waals surface area contributed by atoms with Crippen molar-refractivity contribution in [1.82, 2.24) is 24.8 Å². The van der Waals surface area contributed by atoms with Crippen LogP contribution in [0, 0.1) is 5.82 Å². The van der Waals surface area contributed by atoms with E-state index in [2.05, 4.69) is 15.2 Å². The number of aromatic nitrogens is 4. The highest BCUT2D eigenvalue weighted by atomic mass is 19.1. The predicted octanol–water partition coefficient (Wildman–Crippen LogP) is 2.22. The summed E-state index contributed by atoms with van der Waals surface area (Å²) in [4.78, 5) is 18.8. The molecule has 0 bridgehead atoms. The van der Waals surface area contributed by atoms with Crippen molar-refractivity contribution in [2.75, 3.05) is 19.8 Å². The van der Waals surface area contributed by atoms with Crippen molar-refractivity contribution in [1.29, 1.82) is 0 Å². The predicted molar refractivity (Wildman–Crippen MR) is 97.2 cm³/mol. The summed E-state index contributed by atoms with van der Waals surface area (Å²) in [7, 11) is 1.80. The highest BCUT2D eigenvalue weighted by Crippen LogP contribution is 2.25. The molecule has 0 N–H and O–H groups in total. The molecule has 1 aliphatic heterocycles. The van der Waals surface area contributed by atoms with E-state index in [1.54, 1.807) is 47.2 Å². The van der Waals surface area contributed by atoms with Crippen LogP contribution in [0.2, 0.25) is 0 Å². The van der Waals surface area contributed by atoms with Crippen molar-refractivity contribution in [3.05, 3.63) is 59.9 Å². The van der Waals surface area contributed by atoms with Crippen molar-refractivity contribution in [3.63, 3.8) is 0 Å². The number of carbonyl (C=O) groups excluding carboxylic acids is 1. The molecule has 0 spiro atoms. The smallest absolute Gasteiger partial charge is 0.261 e. The topological polar surface area (TPSA) is 86.3 Å². The molecule has 1 atom stereocenters. The van der Waals surface area contributed by atoms with E-state index in [1.807, 2.05) is 0 Å². The second-order valence-electron chi connectivity index (χ2n) is 6.37. The maximum absolute atomic E-state index is 13.0. The number of halogens is 1. The van der Waals surface area contributed by atoms with Gasteiger partial charge in [0.15, 0.2) is 5.82 Å². The first kappa shape index (κ1) is 18.1. The molecule has 1 fully saturated rings. The molecular weight excluding hydrogens is 365 g/mol. The standard InChI is InChI=1S/C19H18FN5O3/c1-24-11-14(10-21-24)19-22-18(23-28-19)16-12-27-9-8-25(16)17(26)7-4-13-2-5-15(20)6-3-13/h2-7,10-11,16H,8-9,12H2,1H3. The Kier molecular flexibility index (Phi) is 4.98. The van der Waals surface area contributed by atoms with Crippen molar-refractivity contribution in [2.45, 2.75) is 6.04 Å². The molecule has 28 heavy (non-hydrogen) atoms. The summed E-state index contributed by atoms with van der Waals surface area (Å²) >= 11 is 0. The van der Waals surface area contributed by atoms with E-state index >= 15 is 0 Å². The summed E-state index contributed by atoms with van der Waals surface area (Å²) in [6.07, 6.45) is 6.49. The molecule has 3 heterocycles. The fourth-order valence-corrected chi connectivity index (χ4v) is 2.94. The third-order valence-corrected chi connectivity index (χ3v) is 4.39. The minimum absolute atomic E-state index is 0.203. The first-order valence-electron chi connectivity index (χ1n) is 8.75. The van der Waals surface area contributed by atoms with E-state index in [9.17, 15) is 9.18 Å². The van der Waals surface area contributed by atoms with E-state index in [-0.39, 0.29) is 18.3 Å². The Bertz CT molecular complexity index is 995. The number of hydrogen-bond acceptors (Lipinski definition) is 6. The lowest BCUT2D eigenvalue weighted by molar-refractivity contribution is -0.135. The van der Waals surface area contributed by atoms with Gasteiger partial charge in [-0.05, 0) is 23.8 Å². The Morgan fingerprint density at radius 3 is 2.89 bits per heavy atom. The van der Waals surface area contributed by atoms with Crippen LogP contribution in [0.3, 0.4) is 0 Å². The number of amides is 1.